The van der Waals surface area contributed by atoms with Crippen molar-refractivity contribution >= 4 is 50.6 Å². The SMILES string of the molecule is CC1(C)C(/C=C/C=C2\N(CCC(=O)O)c3ccc4ccccc4c3C2(C)C)=[N+](CCC(=O)O)c2ccc3ccccc3c21.[Br-]. The molecular weight excluding hydrogens is 616 g/mol. The normalized spacial score (nSPS) is 17.4. The number of hydrogen-bond donors (Lipinski definition) is 2. The van der Waals surface area contributed by atoms with Gasteiger partial charge in [0, 0.05) is 41.1 Å². The molecule has 0 amide bonds. The minimum absolute atomic E-state index is 0. The highest BCUT2D eigenvalue weighted by Crippen LogP contribution is 2.51. The molecule has 7 heteroatoms. The number of nitrogens with zero attached hydrogens (tertiary/aromatic N) is 2. The van der Waals surface area contributed by atoms with E-state index in [-0.39, 0.29) is 40.7 Å². The summed E-state index contributed by atoms with van der Waals surface area (Å²) in [5.74, 6) is -1.66. The summed E-state index contributed by atoms with van der Waals surface area (Å²) >= 11 is 0. The Bertz CT molecular complexity index is 1900. The first-order valence-electron chi connectivity index (χ1n) is 14.8. The van der Waals surface area contributed by atoms with E-state index in [4.69, 9.17) is 0 Å². The molecule has 4 aromatic rings. The fourth-order valence-electron chi connectivity index (χ4n) is 7.20. The predicted molar refractivity (Wildman–Crippen MR) is 173 cm³/mol. The topological polar surface area (TPSA) is 80.9 Å². The van der Waals surface area contributed by atoms with Crippen LogP contribution in [0.25, 0.3) is 21.5 Å². The molecule has 0 aromatic heterocycles. The summed E-state index contributed by atoms with van der Waals surface area (Å²) in [7, 11) is 0. The molecule has 0 fully saturated rings. The molecule has 2 heterocycles. The Balaban J connectivity index is 0.00000384. The largest absolute Gasteiger partial charge is 1.00 e. The standard InChI is InChI=1S/C37H36N2O4.BrH/c1-36(2)30(38(22-20-32(40)41)28-18-16-24-10-5-7-12-26(24)34(28)36)14-9-15-31-37(3,4)35-27-13-8-6-11-25(27)17-19-29(35)39(31)23-21-33(42)43;/h5-19H,20-23H2,1-4H3,(H-,40,41,42,43);1H. The molecular formula is C37H37BrN2O4. The molecule has 44 heavy (non-hydrogen) atoms. The van der Waals surface area contributed by atoms with E-state index in [0.29, 0.717) is 13.1 Å². The van der Waals surface area contributed by atoms with E-state index in [1.165, 1.54) is 21.9 Å². The molecule has 2 aliphatic heterocycles. The van der Waals surface area contributed by atoms with Crippen molar-refractivity contribution in [3.05, 3.63) is 108 Å². The molecule has 2 N–H and O–H groups in total. The van der Waals surface area contributed by atoms with Crippen molar-refractivity contribution in [2.45, 2.75) is 51.4 Å². The summed E-state index contributed by atoms with van der Waals surface area (Å²) in [5.41, 5.74) is 5.83. The quantitative estimate of drug-likeness (QED) is 0.273. The first-order chi connectivity index (χ1) is 20.5. The van der Waals surface area contributed by atoms with E-state index < -0.39 is 11.9 Å². The maximum Gasteiger partial charge on any atom is 0.309 e. The van der Waals surface area contributed by atoms with E-state index >= 15 is 0 Å². The van der Waals surface area contributed by atoms with Gasteiger partial charge in [-0.2, -0.15) is 4.58 Å². The molecule has 6 nitrogen and oxygen atoms in total. The number of benzene rings is 4. The van der Waals surface area contributed by atoms with Gasteiger partial charge in [0.25, 0.3) is 0 Å². The highest BCUT2D eigenvalue weighted by atomic mass is 79.9. The lowest BCUT2D eigenvalue weighted by Crippen LogP contribution is -3.00. The monoisotopic (exact) mass is 652 g/mol. The Morgan fingerprint density at radius 2 is 1.36 bits per heavy atom. The molecule has 0 saturated carbocycles. The Morgan fingerprint density at radius 1 is 0.773 bits per heavy atom. The second-order valence-corrected chi connectivity index (χ2v) is 12.5. The number of fused-ring (bicyclic) bond motifs is 6. The van der Waals surface area contributed by atoms with Crippen LogP contribution >= 0.6 is 0 Å². The Kier molecular flexibility index (Phi) is 8.29. The fourth-order valence-corrected chi connectivity index (χ4v) is 7.20. The van der Waals surface area contributed by atoms with Gasteiger partial charge in [0.05, 0.1) is 11.8 Å². The van der Waals surface area contributed by atoms with Crippen LogP contribution in [0.2, 0.25) is 0 Å². The molecule has 2 aliphatic rings. The van der Waals surface area contributed by atoms with Gasteiger partial charge in [-0.25, -0.2) is 0 Å². The van der Waals surface area contributed by atoms with Crippen LogP contribution in [0.4, 0.5) is 11.4 Å². The average molecular weight is 654 g/mol. The zero-order chi connectivity index (χ0) is 30.5. The first kappa shape index (κ1) is 31.2. The van der Waals surface area contributed by atoms with Crippen LogP contribution in [0.5, 0.6) is 0 Å². The average Bonchev–Trinajstić information content (AvgIpc) is 3.33. The van der Waals surface area contributed by atoms with E-state index in [1.807, 2.05) is 24.3 Å². The van der Waals surface area contributed by atoms with Crippen molar-refractivity contribution in [2.24, 2.45) is 0 Å². The van der Waals surface area contributed by atoms with Crippen molar-refractivity contribution in [2.75, 3.05) is 18.0 Å². The number of carbonyl (C=O) groups is 2. The van der Waals surface area contributed by atoms with Gasteiger partial charge in [-0.15, -0.1) is 0 Å². The van der Waals surface area contributed by atoms with Crippen LogP contribution in [-0.4, -0.2) is 45.5 Å². The van der Waals surface area contributed by atoms with Gasteiger partial charge in [-0.05, 0) is 59.2 Å². The lowest BCUT2D eigenvalue weighted by atomic mass is 9.79. The van der Waals surface area contributed by atoms with Gasteiger partial charge < -0.3 is 32.1 Å². The number of hydrogen-bond acceptors (Lipinski definition) is 3. The van der Waals surface area contributed by atoms with Crippen molar-refractivity contribution in [3.8, 4) is 0 Å². The number of carboxylic acid groups (broad SMARTS) is 2. The molecule has 226 valence electrons. The first-order valence-corrected chi connectivity index (χ1v) is 14.8. The summed E-state index contributed by atoms with van der Waals surface area (Å²) in [5, 5.41) is 23.8. The Morgan fingerprint density at radius 3 is 2.00 bits per heavy atom. The number of carboxylic acids is 2. The van der Waals surface area contributed by atoms with Crippen LogP contribution in [0.15, 0.2) is 96.7 Å². The van der Waals surface area contributed by atoms with E-state index in [0.717, 1.165) is 33.6 Å². The van der Waals surface area contributed by atoms with E-state index in [1.54, 1.807) is 0 Å². The third kappa shape index (κ3) is 5.13. The summed E-state index contributed by atoms with van der Waals surface area (Å²) in [4.78, 5) is 25.4. The van der Waals surface area contributed by atoms with E-state index in [9.17, 15) is 19.8 Å². The molecule has 0 bridgehead atoms. The third-order valence-electron chi connectivity index (χ3n) is 9.11. The van der Waals surface area contributed by atoms with Crippen LogP contribution in [0, 0.1) is 0 Å². The van der Waals surface area contributed by atoms with Gasteiger partial charge in [0.2, 0.25) is 5.69 Å². The third-order valence-corrected chi connectivity index (χ3v) is 9.11. The number of aliphatic carboxylic acids is 2. The molecule has 6 rings (SSSR count). The Labute approximate surface area is 268 Å². The minimum Gasteiger partial charge on any atom is -1.00 e. The summed E-state index contributed by atoms with van der Waals surface area (Å²) in [6.45, 7) is 9.54. The van der Waals surface area contributed by atoms with Crippen LogP contribution in [0.3, 0.4) is 0 Å². The Hall–Kier alpha value is -4.23. The minimum atomic E-state index is -0.829. The molecule has 0 aliphatic carbocycles. The van der Waals surface area contributed by atoms with Gasteiger partial charge >= 0.3 is 11.9 Å². The molecule has 0 spiro atoms. The molecule has 0 saturated heterocycles. The molecule has 0 unspecified atom stereocenters. The van der Waals surface area contributed by atoms with Crippen molar-refractivity contribution in [1.82, 2.24) is 0 Å². The highest BCUT2D eigenvalue weighted by Gasteiger charge is 2.46. The van der Waals surface area contributed by atoms with Gasteiger partial charge in [-0.3, -0.25) is 9.59 Å². The smallest absolute Gasteiger partial charge is 0.309 e. The van der Waals surface area contributed by atoms with Crippen LogP contribution < -0.4 is 21.9 Å². The lowest BCUT2D eigenvalue weighted by Gasteiger charge is -2.26. The summed E-state index contributed by atoms with van der Waals surface area (Å²) < 4.78 is 2.15. The predicted octanol–water partition coefficient (Wildman–Crippen LogP) is 4.56. The maximum absolute atomic E-state index is 11.6. The van der Waals surface area contributed by atoms with Crippen LogP contribution in [0.1, 0.15) is 51.7 Å². The summed E-state index contributed by atoms with van der Waals surface area (Å²) in [6, 6.07) is 25.1. The van der Waals surface area contributed by atoms with Gasteiger partial charge in [0.15, 0.2) is 12.3 Å². The number of anilines is 1. The van der Waals surface area contributed by atoms with Gasteiger partial charge in [-0.1, -0.05) is 74.5 Å². The van der Waals surface area contributed by atoms with Crippen molar-refractivity contribution in [3.63, 3.8) is 0 Å². The zero-order valence-electron chi connectivity index (χ0n) is 25.5. The zero-order valence-corrected chi connectivity index (χ0v) is 27.1. The molecule has 0 radical (unpaired) electrons. The highest BCUT2D eigenvalue weighted by molar-refractivity contribution is 6.07. The lowest BCUT2D eigenvalue weighted by molar-refractivity contribution is -0.436. The second-order valence-electron chi connectivity index (χ2n) is 12.5. The van der Waals surface area contributed by atoms with Crippen molar-refractivity contribution < 1.29 is 41.4 Å². The number of halogens is 1. The van der Waals surface area contributed by atoms with Crippen LogP contribution in [-0.2, 0) is 20.4 Å². The maximum atomic E-state index is 11.6. The summed E-state index contributed by atoms with van der Waals surface area (Å²) in [6.07, 6.45) is 6.32. The number of allylic oxidation sites excluding steroid dienone is 4. The van der Waals surface area contributed by atoms with Gasteiger partial charge in [0.1, 0.15) is 6.42 Å². The molecule has 4 aromatic carbocycles. The second kappa shape index (κ2) is 11.7. The molecule has 0 atom stereocenters. The van der Waals surface area contributed by atoms with E-state index in [2.05, 4.69) is 104 Å². The number of rotatable bonds is 8. The fraction of sp³-hybridized carbons (Fsp3) is 0.270. The van der Waals surface area contributed by atoms with Crippen molar-refractivity contribution in [1.29, 1.82) is 0 Å².